The zero-order valence-electron chi connectivity index (χ0n) is 19.0. The topological polar surface area (TPSA) is 116 Å². The molecule has 0 aliphatic heterocycles. The van der Waals surface area contributed by atoms with Crippen LogP contribution in [-0.2, 0) is 11.3 Å². The Hall–Kier alpha value is -3.61. The number of furan rings is 1. The van der Waals surface area contributed by atoms with E-state index in [1.54, 1.807) is 41.8 Å². The van der Waals surface area contributed by atoms with Crippen molar-refractivity contribution in [2.24, 2.45) is 0 Å². The van der Waals surface area contributed by atoms with Crippen molar-refractivity contribution in [1.29, 1.82) is 0 Å². The van der Waals surface area contributed by atoms with Crippen LogP contribution < -0.4 is 9.62 Å². The maximum absolute atomic E-state index is 13.6. The highest BCUT2D eigenvalue weighted by Gasteiger charge is 2.25. The SMILES string of the molecule is CCN(c1cc2oc(-c3ccc(F)cc3)c(C(=O)NC)c2cc1-c1ccc2nnc(Br)n2c1)S(=O)[O-]. The van der Waals surface area contributed by atoms with Crippen LogP contribution in [0.25, 0.3) is 39.1 Å². The van der Waals surface area contributed by atoms with Gasteiger partial charge >= 0.3 is 0 Å². The molecule has 0 fully saturated rings. The Morgan fingerprint density at radius 3 is 2.58 bits per heavy atom. The van der Waals surface area contributed by atoms with E-state index in [2.05, 4.69) is 31.4 Å². The van der Waals surface area contributed by atoms with Gasteiger partial charge in [0, 0.05) is 59.2 Å². The molecule has 1 amide bonds. The van der Waals surface area contributed by atoms with Crippen LogP contribution in [0.15, 0.2) is 63.9 Å². The highest BCUT2D eigenvalue weighted by Crippen LogP contribution is 2.41. The molecule has 3 heterocycles. The van der Waals surface area contributed by atoms with Gasteiger partial charge in [0.25, 0.3) is 5.91 Å². The first-order chi connectivity index (χ1) is 17.3. The molecule has 3 aromatic heterocycles. The third-order valence-corrected chi connectivity index (χ3v) is 7.13. The number of halogens is 2. The van der Waals surface area contributed by atoms with E-state index in [9.17, 15) is 17.9 Å². The molecule has 0 bridgehead atoms. The van der Waals surface area contributed by atoms with Crippen LogP contribution in [0.5, 0.6) is 0 Å². The first kappa shape index (κ1) is 24.1. The summed E-state index contributed by atoms with van der Waals surface area (Å²) in [5.41, 5.74) is 3.24. The lowest BCUT2D eigenvalue weighted by Crippen LogP contribution is -2.25. The van der Waals surface area contributed by atoms with E-state index in [-0.39, 0.29) is 17.9 Å². The van der Waals surface area contributed by atoms with Crippen LogP contribution in [0.1, 0.15) is 17.3 Å². The highest BCUT2D eigenvalue weighted by molar-refractivity contribution is 9.10. The maximum Gasteiger partial charge on any atom is 0.255 e. The number of rotatable bonds is 6. The molecule has 5 aromatic rings. The summed E-state index contributed by atoms with van der Waals surface area (Å²) in [7, 11) is 1.50. The zero-order chi connectivity index (χ0) is 25.6. The first-order valence-corrected chi connectivity index (χ1v) is 12.6. The van der Waals surface area contributed by atoms with Gasteiger partial charge in [0.2, 0.25) is 4.73 Å². The van der Waals surface area contributed by atoms with E-state index in [4.69, 9.17) is 4.42 Å². The quantitative estimate of drug-likeness (QED) is 0.296. The lowest BCUT2D eigenvalue weighted by molar-refractivity contribution is 0.0964. The average molecular weight is 571 g/mol. The average Bonchev–Trinajstić information content (AvgIpc) is 3.43. The number of benzene rings is 2. The van der Waals surface area contributed by atoms with Gasteiger partial charge < -0.3 is 18.6 Å². The van der Waals surface area contributed by atoms with Gasteiger partial charge in [-0.15, -0.1) is 10.2 Å². The molecular weight excluding hydrogens is 553 g/mol. The van der Waals surface area contributed by atoms with Gasteiger partial charge in [0.05, 0.1) is 11.3 Å². The summed E-state index contributed by atoms with van der Waals surface area (Å²) < 4.78 is 47.3. The smallest absolute Gasteiger partial charge is 0.255 e. The molecule has 0 saturated heterocycles. The number of nitrogens with zero attached hydrogens (tertiary/aromatic N) is 4. The molecule has 36 heavy (non-hydrogen) atoms. The number of aromatic nitrogens is 3. The van der Waals surface area contributed by atoms with E-state index in [1.807, 2.05) is 0 Å². The summed E-state index contributed by atoms with van der Waals surface area (Å²) in [6.45, 7) is 1.88. The number of carbonyl (C=O) groups excluding carboxylic acids is 1. The molecule has 0 aliphatic rings. The van der Waals surface area contributed by atoms with Crippen molar-refractivity contribution in [3.8, 4) is 22.5 Å². The second-order valence-corrected chi connectivity index (χ2v) is 9.37. The fourth-order valence-corrected chi connectivity index (χ4v) is 4.99. The van der Waals surface area contributed by atoms with E-state index in [0.29, 0.717) is 43.7 Å². The number of nitrogens with one attached hydrogen (secondary N) is 1. The summed E-state index contributed by atoms with van der Waals surface area (Å²) >= 11 is 0.785. The molecule has 12 heteroatoms. The second-order valence-electron chi connectivity index (χ2n) is 7.78. The predicted octanol–water partition coefficient (Wildman–Crippen LogP) is 4.69. The molecule has 1 unspecified atom stereocenters. The van der Waals surface area contributed by atoms with Crippen LogP contribution in [0.4, 0.5) is 10.1 Å². The van der Waals surface area contributed by atoms with Gasteiger partial charge in [-0.2, -0.15) is 0 Å². The molecular formula is C24H18BrFN5O4S-. The van der Waals surface area contributed by atoms with Crippen LogP contribution in [-0.4, -0.2) is 42.9 Å². The Bertz CT molecular complexity index is 1650. The Balaban J connectivity index is 1.84. The summed E-state index contributed by atoms with van der Waals surface area (Å²) in [5.74, 6) is -0.577. The van der Waals surface area contributed by atoms with Crippen LogP contribution in [0.2, 0.25) is 0 Å². The Labute approximate surface area is 215 Å². The number of hydrogen-bond acceptors (Lipinski definition) is 6. The molecule has 0 spiro atoms. The zero-order valence-corrected chi connectivity index (χ0v) is 21.4. The summed E-state index contributed by atoms with van der Waals surface area (Å²) in [6.07, 6.45) is 1.77. The maximum atomic E-state index is 13.6. The van der Waals surface area contributed by atoms with Crippen molar-refractivity contribution >= 4 is 55.4 Å². The minimum Gasteiger partial charge on any atom is -0.755 e. The molecule has 1 N–H and O–H groups in total. The Morgan fingerprint density at radius 1 is 1.19 bits per heavy atom. The number of anilines is 1. The lowest BCUT2D eigenvalue weighted by atomic mass is 9.99. The van der Waals surface area contributed by atoms with Crippen molar-refractivity contribution in [3.63, 3.8) is 0 Å². The number of hydrogen-bond donors (Lipinski definition) is 1. The third kappa shape index (κ3) is 4.06. The van der Waals surface area contributed by atoms with Crippen molar-refractivity contribution in [2.45, 2.75) is 6.92 Å². The Morgan fingerprint density at radius 2 is 1.92 bits per heavy atom. The minimum atomic E-state index is -2.57. The molecule has 0 radical (unpaired) electrons. The fraction of sp³-hybridized carbons (Fsp3) is 0.125. The highest BCUT2D eigenvalue weighted by atomic mass is 79.9. The molecule has 184 valence electrons. The monoisotopic (exact) mass is 570 g/mol. The molecule has 0 aliphatic carbocycles. The number of amides is 1. The fourth-order valence-electron chi connectivity index (χ4n) is 4.10. The van der Waals surface area contributed by atoms with Gasteiger partial charge in [-0.3, -0.25) is 13.4 Å². The number of fused-ring (bicyclic) bond motifs is 2. The summed E-state index contributed by atoms with van der Waals surface area (Å²) in [4.78, 5) is 13.0. The van der Waals surface area contributed by atoms with Crippen LogP contribution in [0.3, 0.4) is 0 Å². The van der Waals surface area contributed by atoms with E-state index in [0.717, 1.165) is 0 Å². The van der Waals surface area contributed by atoms with Crippen LogP contribution in [0, 0.1) is 5.82 Å². The molecule has 9 nitrogen and oxygen atoms in total. The minimum absolute atomic E-state index is 0.168. The number of pyridine rings is 1. The van der Waals surface area contributed by atoms with E-state index in [1.165, 1.54) is 35.6 Å². The predicted molar refractivity (Wildman–Crippen MR) is 137 cm³/mol. The van der Waals surface area contributed by atoms with Crippen molar-refractivity contribution in [2.75, 3.05) is 17.9 Å². The summed E-state index contributed by atoms with van der Waals surface area (Å²) in [6, 6.07) is 12.5. The molecule has 2 aromatic carbocycles. The molecule has 5 rings (SSSR count). The second kappa shape index (κ2) is 9.45. The van der Waals surface area contributed by atoms with Gasteiger partial charge in [0.1, 0.15) is 17.2 Å². The van der Waals surface area contributed by atoms with Gasteiger partial charge in [-0.1, -0.05) is 0 Å². The third-order valence-electron chi connectivity index (χ3n) is 5.77. The van der Waals surface area contributed by atoms with Crippen molar-refractivity contribution in [3.05, 3.63) is 70.8 Å². The van der Waals surface area contributed by atoms with Crippen molar-refractivity contribution in [1.82, 2.24) is 19.9 Å². The standard InChI is InChI=1S/C24H19BrFN5O4S/c1-3-31(36(33)34)18-11-19-17(10-16(18)14-6-9-20-28-29-24(25)30(20)12-14)21(23(32)27-2)22(35-19)13-4-7-15(26)8-5-13/h4-12H,3H2,1-2H3,(H,27,32)(H,33,34)/p-1. The van der Waals surface area contributed by atoms with Gasteiger partial charge in [0.15, 0.2) is 5.65 Å². The van der Waals surface area contributed by atoms with Gasteiger partial charge in [-0.25, -0.2) is 4.39 Å². The summed E-state index contributed by atoms with van der Waals surface area (Å²) in [5, 5.41) is 11.2. The van der Waals surface area contributed by atoms with Crippen LogP contribution >= 0.6 is 15.9 Å². The Kier molecular flexibility index (Phi) is 6.33. The largest absolute Gasteiger partial charge is 0.755 e. The van der Waals surface area contributed by atoms with E-state index < -0.39 is 23.0 Å². The van der Waals surface area contributed by atoms with Crippen molar-refractivity contribution < 1.29 is 22.4 Å². The number of carbonyl (C=O) groups is 1. The molecule has 1 atom stereocenters. The van der Waals surface area contributed by atoms with Gasteiger partial charge in [-0.05, 0) is 65.3 Å². The normalized spacial score (nSPS) is 12.2. The first-order valence-electron chi connectivity index (χ1n) is 10.8. The van der Waals surface area contributed by atoms with E-state index >= 15 is 0 Å². The lowest BCUT2D eigenvalue weighted by Gasteiger charge is -2.27. The molecule has 0 saturated carbocycles.